The standard InChI is InChI=1S/C4H4BrN3O/c1-2(9)3-4(5)7-8-6-3/h1H3,(H,6,7,8). The number of carbonyl (C=O) groups is 1. The summed E-state index contributed by atoms with van der Waals surface area (Å²) in [4.78, 5) is 10.6. The molecule has 1 rings (SSSR count). The van der Waals surface area contributed by atoms with Crippen molar-refractivity contribution in [3.63, 3.8) is 0 Å². The van der Waals surface area contributed by atoms with E-state index in [9.17, 15) is 4.79 Å². The number of aromatic nitrogens is 3. The Kier molecular flexibility index (Phi) is 1.61. The van der Waals surface area contributed by atoms with Gasteiger partial charge in [0.1, 0.15) is 0 Å². The predicted octanol–water partition coefficient (Wildman–Crippen LogP) is 0.770. The Bertz CT molecular complexity index is 231. The third kappa shape index (κ3) is 1.16. The van der Waals surface area contributed by atoms with Gasteiger partial charge in [0.15, 0.2) is 16.1 Å². The van der Waals surface area contributed by atoms with Gasteiger partial charge in [-0.1, -0.05) is 0 Å². The van der Waals surface area contributed by atoms with Gasteiger partial charge in [0.05, 0.1) is 0 Å². The lowest BCUT2D eigenvalue weighted by Crippen LogP contribution is -1.92. The molecule has 0 unspecified atom stereocenters. The quantitative estimate of drug-likeness (QED) is 0.665. The number of nitrogens with zero attached hydrogens (tertiary/aromatic N) is 2. The minimum Gasteiger partial charge on any atom is -0.293 e. The molecule has 0 radical (unpaired) electrons. The number of halogens is 1. The third-order valence-corrected chi connectivity index (χ3v) is 1.39. The first-order valence-corrected chi connectivity index (χ1v) is 3.08. The molecule has 1 aromatic rings. The fourth-order valence-corrected chi connectivity index (χ4v) is 0.889. The van der Waals surface area contributed by atoms with Crippen LogP contribution in [0.2, 0.25) is 0 Å². The maximum absolute atomic E-state index is 10.6. The summed E-state index contributed by atoms with van der Waals surface area (Å²) in [5, 5.41) is 9.49. The SMILES string of the molecule is CC(=O)c1n[nH]nc1Br. The molecular formula is C4H4BrN3O. The minimum absolute atomic E-state index is 0.101. The highest BCUT2D eigenvalue weighted by Gasteiger charge is 2.07. The van der Waals surface area contributed by atoms with Crippen molar-refractivity contribution < 1.29 is 4.79 Å². The number of aromatic amines is 1. The molecule has 4 nitrogen and oxygen atoms in total. The predicted molar refractivity (Wildman–Crippen MR) is 34.1 cm³/mol. The molecule has 0 aliphatic rings. The number of Topliss-reactive ketones (excluding diaryl/α,β-unsaturated/α-hetero) is 1. The molecular weight excluding hydrogens is 186 g/mol. The molecule has 0 saturated carbocycles. The van der Waals surface area contributed by atoms with Gasteiger partial charge < -0.3 is 0 Å². The minimum atomic E-state index is -0.101. The van der Waals surface area contributed by atoms with Crippen LogP contribution in [0.4, 0.5) is 0 Å². The van der Waals surface area contributed by atoms with E-state index in [1.807, 2.05) is 0 Å². The molecule has 48 valence electrons. The van der Waals surface area contributed by atoms with Crippen LogP contribution in [0.15, 0.2) is 4.60 Å². The van der Waals surface area contributed by atoms with E-state index in [2.05, 4.69) is 31.3 Å². The number of nitrogens with one attached hydrogen (secondary N) is 1. The zero-order valence-electron chi connectivity index (χ0n) is 4.68. The lowest BCUT2D eigenvalue weighted by atomic mass is 10.3. The van der Waals surface area contributed by atoms with E-state index in [4.69, 9.17) is 0 Å². The van der Waals surface area contributed by atoms with Crippen LogP contribution in [0.1, 0.15) is 17.4 Å². The van der Waals surface area contributed by atoms with Crippen molar-refractivity contribution in [2.75, 3.05) is 0 Å². The van der Waals surface area contributed by atoms with Gasteiger partial charge in [-0.15, -0.1) is 5.10 Å². The largest absolute Gasteiger partial charge is 0.293 e. The Morgan fingerprint density at radius 3 is 2.56 bits per heavy atom. The van der Waals surface area contributed by atoms with E-state index in [1.54, 1.807) is 0 Å². The zero-order valence-corrected chi connectivity index (χ0v) is 6.27. The monoisotopic (exact) mass is 189 g/mol. The second-order valence-corrected chi connectivity index (χ2v) is 2.27. The van der Waals surface area contributed by atoms with Crippen LogP contribution < -0.4 is 0 Å². The van der Waals surface area contributed by atoms with Gasteiger partial charge >= 0.3 is 0 Å². The normalized spacial score (nSPS) is 9.56. The Hall–Kier alpha value is -0.710. The summed E-state index contributed by atoms with van der Waals surface area (Å²) in [6.07, 6.45) is 0. The summed E-state index contributed by atoms with van der Waals surface area (Å²) in [6, 6.07) is 0. The van der Waals surface area contributed by atoms with Crippen molar-refractivity contribution in [2.24, 2.45) is 0 Å². The molecule has 0 fully saturated rings. The van der Waals surface area contributed by atoms with Crippen LogP contribution in [0.25, 0.3) is 0 Å². The summed E-state index contributed by atoms with van der Waals surface area (Å²) in [6.45, 7) is 1.43. The average molecular weight is 190 g/mol. The highest BCUT2D eigenvalue weighted by Crippen LogP contribution is 2.08. The molecule has 0 amide bonds. The van der Waals surface area contributed by atoms with Gasteiger partial charge in [0.2, 0.25) is 0 Å². The topological polar surface area (TPSA) is 58.6 Å². The lowest BCUT2D eigenvalue weighted by Gasteiger charge is -1.81. The van der Waals surface area contributed by atoms with Crippen molar-refractivity contribution in [2.45, 2.75) is 6.92 Å². The van der Waals surface area contributed by atoms with Crippen LogP contribution in [-0.4, -0.2) is 21.2 Å². The van der Waals surface area contributed by atoms with Crippen molar-refractivity contribution in [3.8, 4) is 0 Å². The van der Waals surface area contributed by atoms with E-state index < -0.39 is 0 Å². The lowest BCUT2D eigenvalue weighted by molar-refractivity contribution is 0.101. The molecule has 0 aliphatic carbocycles. The smallest absolute Gasteiger partial charge is 0.182 e. The number of carbonyl (C=O) groups excluding carboxylic acids is 1. The van der Waals surface area contributed by atoms with E-state index in [-0.39, 0.29) is 5.78 Å². The van der Waals surface area contributed by atoms with E-state index in [1.165, 1.54) is 6.92 Å². The highest BCUT2D eigenvalue weighted by atomic mass is 79.9. The van der Waals surface area contributed by atoms with Crippen molar-refractivity contribution in [1.29, 1.82) is 0 Å². The van der Waals surface area contributed by atoms with Crippen molar-refractivity contribution in [3.05, 3.63) is 10.3 Å². The molecule has 0 aliphatic heterocycles. The van der Waals surface area contributed by atoms with E-state index in [0.29, 0.717) is 10.3 Å². The van der Waals surface area contributed by atoms with Crippen molar-refractivity contribution in [1.82, 2.24) is 15.4 Å². The number of rotatable bonds is 1. The van der Waals surface area contributed by atoms with Crippen molar-refractivity contribution >= 4 is 21.7 Å². The molecule has 1 aromatic heterocycles. The summed E-state index contributed by atoms with van der Waals surface area (Å²) in [5.41, 5.74) is 0.343. The molecule has 1 N–H and O–H groups in total. The van der Waals surface area contributed by atoms with Gasteiger partial charge in [-0.2, -0.15) is 10.3 Å². The number of ketones is 1. The van der Waals surface area contributed by atoms with E-state index in [0.717, 1.165) is 0 Å². The fourth-order valence-electron chi connectivity index (χ4n) is 0.442. The molecule has 0 atom stereocenters. The number of hydrogen-bond donors (Lipinski definition) is 1. The van der Waals surface area contributed by atoms with Gasteiger partial charge in [-0.25, -0.2) is 0 Å². The van der Waals surface area contributed by atoms with Crippen LogP contribution in [0, 0.1) is 0 Å². The van der Waals surface area contributed by atoms with Crippen LogP contribution in [-0.2, 0) is 0 Å². The fraction of sp³-hybridized carbons (Fsp3) is 0.250. The maximum Gasteiger partial charge on any atom is 0.182 e. The molecule has 0 spiro atoms. The van der Waals surface area contributed by atoms with Gasteiger partial charge in [0.25, 0.3) is 0 Å². The second-order valence-electron chi connectivity index (χ2n) is 1.52. The summed E-state index contributed by atoms with van der Waals surface area (Å²) < 4.78 is 0.468. The highest BCUT2D eigenvalue weighted by molar-refractivity contribution is 9.10. The number of H-pyrrole nitrogens is 1. The zero-order chi connectivity index (χ0) is 6.85. The first kappa shape index (κ1) is 6.41. The average Bonchev–Trinajstić information content (AvgIpc) is 2.13. The Labute approximate surface area is 59.8 Å². The Morgan fingerprint density at radius 2 is 2.33 bits per heavy atom. The summed E-state index contributed by atoms with van der Waals surface area (Å²) in [7, 11) is 0. The maximum atomic E-state index is 10.6. The molecule has 0 aromatic carbocycles. The molecule has 1 heterocycles. The van der Waals surface area contributed by atoms with Crippen LogP contribution in [0.5, 0.6) is 0 Å². The van der Waals surface area contributed by atoms with E-state index >= 15 is 0 Å². The summed E-state index contributed by atoms with van der Waals surface area (Å²) in [5.74, 6) is -0.101. The second kappa shape index (κ2) is 2.26. The first-order chi connectivity index (χ1) is 4.22. The van der Waals surface area contributed by atoms with Gasteiger partial charge in [-0.05, 0) is 15.9 Å². The Morgan fingerprint density at radius 1 is 1.67 bits per heavy atom. The summed E-state index contributed by atoms with van der Waals surface area (Å²) >= 11 is 3.04. The van der Waals surface area contributed by atoms with Crippen LogP contribution >= 0.6 is 15.9 Å². The van der Waals surface area contributed by atoms with Gasteiger partial charge in [0, 0.05) is 6.92 Å². The molecule has 0 bridgehead atoms. The molecule has 5 heteroatoms. The number of hydrogen-bond acceptors (Lipinski definition) is 3. The molecule has 9 heavy (non-hydrogen) atoms. The third-order valence-electron chi connectivity index (χ3n) is 0.839. The van der Waals surface area contributed by atoms with Crippen LogP contribution in [0.3, 0.4) is 0 Å². The first-order valence-electron chi connectivity index (χ1n) is 2.29. The molecule has 0 saturated heterocycles. The Balaban J connectivity index is 3.08. The van der Waals surface area contributed by atoms with Gasteiger partial charge in [-0.3, -0.25) is 4.79 Å².